The Bertz CT molecular complexity index is 6850. The number of pyridine rings is 2. The van der Waals surface area contributed by atoms with E-state index in [4.69, 9.17) is 47.6 Å². The molecule has 0 amide bonds. The number of furan rings is 1. The first kappa shape index (κ1) is 68.8. The highest BCUT2D eigenvalue weighted by molar-refractivity contribution is 9.11. The van der Waals surface area contributed by atoms with Crippen LogP contribution in [0, 0.1) is 0 Å². The molecule has 512 valence electrons. The minimum Gasteiger partial charge on any atom is -0.455 e. The second-order valence-corrected chi connectivity index (χ2v) is 30.5. The van der Waals surface area contributed by atoms with Crippen LogP contribution >= 0.6 is 93.7 Å². The molecule has 0 aliphatic rings. The molecule has 0 fully saturated rings. The predicted octanol–water partition coefficient (Wildman–Crippen LogP) is 27.6. The molecule has 0 unspecified atom stereocenters. The van der Waals surface area contributed by atoms with Gasteiger partial charge in [0.2, 0.25) is 5.28 Å². The molecule has 0 saturated carbocycles. The van der Waals surface area contributed by atoms with Gasteiger partial charge < -0.3 is 8.98 Å². The number of aromatic nitrogens is 9. The van der Waals surface area contributed by atoms with Crippen molar-refractivity contribution < 1.29 is 4.42 Å². The van der Waals surface area contributed by atoms with Crippen LogP contribution in [-0.4, -0.2) is 44.4 Å². The lowest BCUT2D eigenvalue weighted by Crippen LogP contribution is -1.95. The van der Waals surface area contributed by atoms with Crippen LogP contribution in [0.15, 0.2) is 346 Å². The van der Waals surface area contributed by atoms with Crippen LogP contribution in [0.5, 0.6) is 0 Å². The third-order valence-electron chi connectivity index (χ3n) is 18.0. The maximum atomic E-state index is 6.31. The lowest BCUT2D eigenvalue weighted by molar-refractivity contribution is 0.670. The molecular formula is C90H54Br3Cl2N9OS2. The Morgan fingerprint density at radius 1 is 0.346 bits per heavy atom. The molecule has 0 bridgehead atoms. The molecule has 21 aromatic rings. The summed E-state index contributed by atoms with van der Waals surface area (Å²) in [6, 6.07) is 104. The van der Waals surface area contributed by atoms with Crippen molar-refractivity contribution in [3.8, 4) is 62.1 Å². The molecule has 9 aromatic heterocycles. The van der Waals surface area contributed by atoms with Gasteiger partial charge in [0.05, 0.1) is 70.8 Å². The number of halogens is 5. The molecular weight excluding hydrogens is 1600 g/mol. The third kappa shape index (κ3) is 14.3. The highest BCUT2D eigenvalue weighted by Gasteiger charge is 2.21. The van der Waals surface area contributed by atoms with Gasteiger partial charge in [-0.3, -0.25) is 9.97 Å². The largest absolute Gasteiger partial charge is 0.455 e. The van der Waals surface area contributed by atoms with Gasteiger partial charge in [-0.05, 0) is 121 Å². The van der Waals surface area contributed by atoms with E-state index in [1.807, 2.05) is 213 Å². The van der Waals surface area contributed by atoms with Gasteiger partial charge in [-0.15, -0.1) is 22.7 Å². The quantitative estimate of drug-likeness (QED) is 0.150. The van der Waals surface area contributed by atoms with E-state index in [9.17, 15) is 0 Å². The molecule has 0 N–H and O–H groups in total. The van der Waals surface area contributed by atoms with Crippen molar-refractivity contribution in [1.29, 1.82) is 0 Å². The van der Waals surface area contributed by atoms with E-state index in [0.717, 1.165) is 145 Å². The molecule has 0 saturated heterocycles. The van der Waals surface area contributed by atoms with E-state index >= 15 is 0 Å². The normalized spacial score (nSPS) is 11.2. The van der Waals surface area contributed by atoms with E-state index in [1.54, 1.807) is 22.7 Å². The topological polar surface area (TPSA) is 121 Å². The van der Waals surface area contributed by atoms with Gasteiger partial charge in [-0.25, -0.2) is 29.9 Å². The number of rotatable bonds is 6. The molecule has 9 heterocycles. The minimum absolute atomic E-state index is 0.292. The lowest BCUT2D eigenvalue weighted by Gasteiger charge is -2.10. The highest BCUT2D eigenvalue weighted by Crippen LogP contribution is 2.43. The van der Waals surface area contributed by atoms with Crippen molar-refractivity contribution in [2.24, 2.45) is 0 Å². The number of thiophene rings is 2. The molecule has 0 spiro atoms. The van der Waals surface area contributed by atoms with Crippen LogP contribution < -0.4 is 0 Å². The Morgan fingerprint density at radius 2 is 0.953 bits per heavy atom. The van der Waals surface area contributed by atoms with Gasteiger partial charge >= 0.3 is 0 Å². The standard InChI is InChI=1S/C26H15BrN2O.C20H13BrN2.C17H11BrN2.C16H9ClN2S.C11H6ClNS/c27-17-14-20-18-10-5-7-13-23(18)30-25(20)21(15-17)24-19-11-4-6-12-22(19)28-26(29-24)16-8-2-1-3-9-16;21-16-11-12-17-18(13-16)23-20(15-9-5-2-6-10-15)19(22-17)14-7-3-1-4-8-14;18-12-6-7-14-15-11-19-9-8-16(15)20(17(14)10-12)13-4-2-1-3-5-13;17-16-18-13(10-6-2-1-3-7-10)15-14(19-16)11-8-4-5-9-12(11)20-15;12-7-3-4-9-8(6-7)11-10(14-9)2-1-5-13-11/h1-15H;1-13H;1-11H;1-9H;1-6H. The zero-order chi connectivity index (χ0) is 72.3. The molecule has 12 aromatic carbocycles. The highest BCUT2D eigenvalue weighted by atomic mass is 79.9. The Morgan fingerprint density at radius 3 is 1.69 bits per heavy atom. The van der Waals surface area contributed by atoms with E-state index in [2.05, 4.69) is 188 Å². The van der Waals surface area contributed by atoms with Crippen LogP contribution in [0.25, 0.3) is 168 Å². The van der Waals surface area contributed by atoms with Gasteiger partial charge in [-0.1, -0.05) is 260 Å². The van der Waals surface area contributed by atoms with Crippen molar-refractivity contribution in [3.05, 3.63) is 352 Å². The van der Waals surface area contributed by atoms with Gasteiger partial charge in [0.25, 0.3) is 0 Å². The first-order valence-corrected chi connectivity index (χ1v) is 38.8. The van der Waals surface area contributed by atoms with Crippen LogP contribution in [0.4, 0.5) is 0 Å². The minimum atomic E-state index is 0.292. The maximum Gasteiger partial charge on any atom is 0.223 e. The molecule has 17 heteroatoms. The van der Waals surface area contributed by atoms with E-state index in [-0.39, 0.29) is 0 Å². The zero-order valence-corrected chi connectivity index (χ0v) is 64.2. The fraction of sp³-hybridized carbons (Fsp3) is 0. The van der Waals surface area contributed by atoms with Crippen LogP contribution in [-0.2, 0) is 0 Å². The Balaban J connectivity index is 0.000000100. The van der Waals surface area contributed by atoms with E-state index in [1.165, 1.54) is 35.9 Å². The summed E-state index contributed by atoms with van der Waals surface area (Å²) in [5, 5.41) is 8.90. The Kier molecular flexibility index (Phi) is 19.7. The van der Waals surface area contributed by atoms with Crippen molar-refractivity contribution in [3.63, 3.8) is 0 Å². The zero-order valence-electron chi connectivity index (χ0n) is 56.3. The summed E-state index contributed by atoms with van der Waals surface area (Å²) in [7, 11) is 0. The summed E-state index contributed by atoms with van der Waals surface area (Å²) in [4.78, 5) is 37.1. The number of nitrogens with zero attached hydrogens (tertiary/aromatic N) is 9. The summed E-state index contributed by atoms with van der Waals surface area (Å²) in [5.41, 5.74) is 18.6. The van der Waals surface area contributed by atoms with E-state index < -0.39 is 0 Å². The van der Waals surface area contributed by atoms with Gasteiger partial charge in [-0.2, -0.15) is 0 Å². The molecule has 21 rings (SSSR count). The SMILES string of the molecule is Brc1cc(-c2nc(-c3ccccc3)nc3ccccc23)c2oc3ccccc3c2c1.Brc1ccc2c3cnccc3n(-c3ccccc3)c2c1.Brc1ccc2nc(-c3ccccc3)c(-c3ccccc3)nc2c1.Clc1ccc2sc3cccnc3c2c1.Clc1nc(-c2ccccc2)c2sc3ccccc3c2n1. The third-order valence-corrected chi connectivity index (χ3v) is 22.2. The number of hydrogen-bond acceptors (Lipinski definition) is 11. The number of para-hydroxylation sites is 3. The van der Waals surface area contributed by atoms with Crippen LogP contribution in [0.3, 0.4) is 0 Å². The first-order valence-electron chi connectivity index (χ1n) is 34.0. The lowest BCUT2D eigenvalue weighted by atomic mass is 10.0. The first-order chi connectivity index (χ1) is 52.6. The Hall–Kier alpha value is -11.2. The molecule has 10 nitrogen and oxygen atoms in total. The predicted molar refractivity (Wildman–Crippen MR) is 457 cm³/mol. The molecule has 0 atom stereocenters. The molecule has 0 aliphatic carbocycles. The number of hydrogen-bond donors (Lipinski definition) is 0. The van der Waals surface area contributed by atoms with Crippen molar-refractivity contribution in [2.45, 2.75) is 0 Å². The summed E-state index contributed by atoms with van der Waals surface area (Å²) < 4.78 is 16.4. The second kappa shape index (κ2) is 30.7. The van der Waals surface area contributed by atoms with Crippen LogP contribution in [0.1, 0.15) is 0 Å². The summed E-state index contributed by atoms with van der Waals surface area (Å²) in [6.07, 6.45) is 5.59. The van der Waals surface area contributed by atoms with Gasteiger partial charge in [0.15, 0.2) is 5.82 Å². The number of benzene rings is 12. The smallest absolute Gasteiger partial charge is 0.223 e. The van der Waals surface area contributed by atoms with E-state index in [0.29, 0.717) is 11.1 Å². The number of fused-ring (bicyclic) bond motifs is 14. The van der Waals surface area contributed by atoms with Crippen molar-refractivity contribution >= 4 is 200 Å². The monoisotopic (exact) mass is 1650 g/mol. The average Bonchev–Trinajstić information content (AvgIpc) is 1.05. The molecule has 0 radical (unpaired) electrons. The fourth-order valence-electron chi connectivity index (χ4n) is 13.2. The van der Waals surface area contributed by atoms with Gasteiger partial charge in [0, 0.05) is 118 Å². The second-order valence-electron chi connectivity index (χ2n) is 24.8. The Labute approximate surface area is 656 Å². The van der Waals surface area contributed by atoms with Crippen LogP contribution in [0.2, 0.25) is 10.3 Å². The van der Waals surface area contributed by atoms with Crippen molar-refractivity contribution in [2.75, 3.05) is 0 Å². The van der Waals surface area contributed by atoms with Gasteiger partial charge in [0.1, 0.15) is 11.2 Å². The summed E-state index contributed by atoms with van der Waals surface area (Å²) in [6.45, 7) is 0. The summed E-state index contributed by atoms with van der Waals surface area (Å²) in [5.74, 6) is 0.702. The summed E-state index contributed by atoms with van der Waals surface area (Å²) >= 11 is 26.3. The molecule has 0 aliphatic heterocycles. The molecule has 107 heavy (non-hydrogen) atoms. The fourth-order valence-corrected chi connectivity index (χ4v) is 16.9. The van der Waals surface area contributed by atoms with Crippen molar-refractivity contribution in [1.82, 2.24) is 44.4 Å². The maximum absolute atomic E-state index is 6.31. The average molecular weight is 1650 g/mol.